The molecular weight excluding hydrogens is 540 g/mol. The zero-order chi connectivity index (χ0) is 29.4. The lowest BCUT2D eigenvalue weighted by Crippen LogP contribution is -2.43. The number of benzene rings is 2. The minimum absolute atomic E-state index is 0.236. The number of nitrogens with zero attached hydrogens (tertiary/aromatic N) is 2. The maximum Gasteiger partial charge on any atom is 0.251 e. The van der Waals surface area contributed by atoms with Crippen LogP contribution in [0, 0.1) is 17.3 Å². The van der Waals surface area contributed by atoms with Crippen molar-refractivity contribution in [1.29, 1.82) is 0 Å². The molecule has 0 atom stereocenters. The highest BCUT2D eigenvalue weighted by molar-refractivity contribution is 7.10. The van der Waals surface area contributed by atoms with Crippen LogP contribution in [0.1, 0.15) is 57.8 Å². The van der Waals surface area contributed by atoms with Crippen molar-refractivity contribution in [2.24, 2.45) is 0 Å². The third-order valence-electron chi connectivity index (χ3n) is 7.34. The number of hydrogen-bond acceptors (Lipinski definition) is 5. The van der Waals surface area contributed by atoms with Crippen molar-refractivity contribution in [3.8, 4) is 23.0 Å². The molecule has 0 aliphatic carbocycles. The van der Waals surface area contributed by atoms with Crippen LogP contribution in [0.2, 0.25) is 16.6 Å². The van der Waals surface area contributed by atoms with Crippen LogP contribution in [0.15, 0.2) is 53.9 Å². The molecule has 8 heteroatoms. The number of aromatic nitrogens is 1. The van der Waals surface area contributed by atoms with Crippen LogP contribution in [-0.2, 0) is 11.3 Å². The fourth-order valence-corrected chi connectivity index (χ4v) is 11.2. The van der Waals surface area contributed by atoms with Gasteiger partial charge in [-0.1, -0.05) is 53.7 Å². The van der Waals surface area contributed by atoms with Gasteiger partial charge in [0.15, 0.2) is 5.01 Å². The Morgan fingerprint density at radius 3 is 2.10 bits per heavy atom. The van der Waals surface area contributed by atoms with Crippen molar-refractivity contribution in [1.82, 2.24) is 4.98 Å². The summed E-state index contributed by atoms with van der Waals surface area (Å²) in [6, 6.07) is 11.4. The lowest BCUT2D eigenvalue weighted by molar-refractivity contribution is -0.114. The maximum absolute atomic E-state index is 13.5. The first-order valence-corrected chi connectivity index (χ1v) is 16.6. The molecule has 0 bridgehead atoms. The quantitative estimate of drug-likeness (QED) is 0.139. The molecule has 1 amide bonds. The second-order valence-corrected chi connectivity index (χ2v) is 17.1. The predicted octanol–water partition coefficient (Wildman–Crippen LogP) is 8.12. The second kappa shape index (κ2) is 13.8. The second-order valence-electron chi connectivity index (χ2n) is 10.7. The molecule has 1 aromatic heterocycles. The zero-order valence-corrected chi connectivity index (χ0v) is 26.4. The van der Waals surface area contributed by atoms with Crippen molar-refractivity contribution >= 4 is 37.1 Å². The van der Waals surface area contributed by atoms with Gasteiger partial charge in [-0.05, 0) is 46.3 Å². The van der Waals surface area contributed by atoms with Gasteiger partial charge in [0.2, 0.25) is 0 Å². The average molecular weight is 579 g/mol. The molecule has 0 saturated heterocycles. The summed E-state index contributed by atoms with van der Waals surface area (Å²) in [4.78, 5) is 19.8. The van der Waals surface area contributed by atoms with Gasteiger partial charge >= 0.3 is 0 Å². The number of ether oxygens (including phenoxy) is 2. The van der Waals surface area contributed by atoms with Gasteiger partial charge in [-0.15, -0.1) is 16.9 Å². The van der Waals surface area contributed by atoms with Gasteiger partial charge < -0.3 is 14.4 Å². The van der Waals surface area contributed by atoms with E-state index in [0.29, 0.717) is 39.5 Å². The number of rotatable bonds is 10. The Kier molecular flexibility index (Phi) is 10.7. The molecule has 3 rings (SSSR count). The number of methoxy groups -OCH3 is 2. The van der Waals surface area contributed by atoms with E-state index in [2.05, 4.69) is 58.0 Å². The summed E-state index contributed by atoms with van der Waals surface area (Å²) in [5, 5.41) is 2.67. The standard InChI is InChI=1S/C32H39FN2O3SSi/c1-22(2)40(23(3)4,24(5)6)16-15-31-34-27(21-39-31)13-14-32(36)35(20-25-9-11-26(33)12-10-25)28-17-29(37-7)19-30(18-28)38-8/h9-14,17-19,21-24H,20H2,1-8H3/b14-13+. The van der Waals surface area contributed by atoms with Crippen molar-refractivity contribution in [2.75, 3.05) is 19.1 Å². The van der Waals surface area contributed by atoms with Crippen LogP contribution < -0.4 is 14.4 Å². The van der Waals surface area contributed by atoms with Crippen molar-refractivity contribution in [3.63, 3.8) is 0 Å². The lowest BCUT2D eigenvalue weighted by atomic mass is 10.1. The van der Waals surface area contributed by atoms with Crippen LogP contribution in [0.5, 0.6) is 11.5 Å². The molecule has 1 heterocycles. The highest BCUT2D eigenvalue weighted by Gasteiger charge is 2.41. The van der Waals surface area contributed by atoms with E-state index in [-0.39, 0.29) is 18.3 Å². The molecule has 0 aliphatic rings. The van der Waals surface area contributed by atoms with Crippen LogP contribution in [0.3, 0.4) is 0 Å². The Hall–Kier alpha value is -3.41. The number of carbonyl (C=O) groups is 1. The van der Waals surface area contributed by atoms with Crippen LogP contribution in [0.4, 0.5) is 10.1 Å². The van der Waals surface area contributed by atoms with Crippen molar-refractivity contribution < 1.29 is 18.7 Å². The fourth-order valence-electron chi connectivity index (χ4n) is 5.28. The molecule has 5 nitrogen and oxygen atoms in total. The number of amides is 1. The first kappa shape index (κ1) is 31.1. The molecule has 3 aromatic rings. The highest BCUT2D eigenvalue weighted by Crippen LogP contribution is 2.40. The van der Waals surface area contributed by atoms with Gasteiger partial charge in [0.1, 0.15) is 25.4 Å². The Morgan fingerprint density at radius 1 is 1.00 bits per heavy atom. The number of hydrogen-bond donors (Lipinski definition) is 0. The summed E-state index contributed by atoms with van der Waals surface area (Å²) < 4.78 is 24.3. The van der Waals surface area contributed by atoms with E-state index < -0.39 is 8.07 Å². The Bertz CT molecular complexity index is 1340. The normalized spacial score (nSPS) is 11.7. The summed E-state index contributed by atoms with van der Waals surface area (Å²) in [5.41, 5.74) is 7.38. The van der Waals surface area contributed by atoms with Gasteiger partial charge in [0.05, 0.1) is 32.1 Å². The topological polar surface area (TPSA) is 51.7 Å². The van der Waals surface area contributed by atoms with Crippen LogP contribution in [-0.4, -0.2) is 33.2 Å². The summed E-state index contributed by atoms with van der Waals surface area (Å²) >= 11 is 1.49. The highest BCUT2D eigenvalue weighted by atomic mass is 32.1. The van der Waals surface area contributed by atoms with E-state index in [4.69, 9.17) is 9.47 Å². The third-order valence-corrected chi connectivity index (χ3v) is 14.4. The molecule has 40 heavy (non-hydrogen) atoms. The van der Waals surface area contributed by atoms with Gasteiger partial charge in [-0.25, -0.2) is 9.37 Å². The SMILES string of the molecule is COc1cc(OC)cc(N(Cc2ccc(F)cc2)C(=O)/C=C/c2csc(C#C[Si](C(C)C)(C(C)C)C(C)C)n2)c1. The molecule has 0 N–H and O–H groups in total. The van der Waals surface area contributed by atoms with E-state index in [9.17, 15) is 9.18 Å². The molecular formula is C32H39FN2O3SSi. The molecule has 0 radical (unpaired) electrons. The molecule has 0 saturated carbocycles. The summed E-state index contributed by atoms with van der Waals surface area (Å²) in [6.45, 7) is 14.0. The molecule has 2 aromatic carbocycles. The average Bonchev–Trinajstić information content (AvgIpc) is 3.38. The molecule has 0 spiro atoms. The Balaban J connectivity index is 1.90. The first-order chi connectivity index (χ1) is 19.0. The number of carbonyl (C=O) groups excluding carboxylic acids is 1. The molecule has 0 fully saturated rings. The number of halogens is 1. The van der Waals surface area contributed by atoms with E-state index in [1.807, 2.05) is 5.38 Å². The summed E-state index contributed by atoms with van der Waals surface area (Å²) in [6.07, 6.45) is 3.20. The number of thiazole rings is 1. The van der Waals surface area contributed by atoms with E-state index in [1.54, 1.807) is 55.5 Å². The zero-order valence-electron chi connectivity index (χ0n) is 24.6. The van der Waals surface area contributed by atoms with Gasteiger partial charge in [-0.2, -0.15) is 0 Å². The van der Waals surface area contributed by atoms with E-state index >= 15 is 0 Å². The summed E-state index contributed by atoms with van der Waals surface area (Å²) in [7, 11) is 1.25. The summed E-state index contributed by atoms with van der Waals surface area (Å²) in [5.74, 6) is 3.91. The predicted molar refractivity (Wildman–Crippen MR) is 166 cm³/mol. The monoisotopic (exact) mass is 578 g/mol. The van der Waals surface area contributed by atoms with Gasteiger partial charge in [-0.3, -0.25) is 4.79 Å². The molecule has 0 aliphatic heterocycles. The van der Waals surface area contributed by atoms with E-state index in [1.165, 1.54) is 29.5 Å². The van der Waals surface area contributed by atoms with Crippen molar-refractivity contribution in [3.05, 3.63) is 76.0 Å². The largest absolute Gasteiger partial charge is 0.497 e. The smallest absolute Gasteiger partial charge is 0.251 e. The molecule has 212 valence electrons. The fraction of sp³-hybridized carbons (Fsp3) is 0.375. The Labute approximate surface area is 243 Å². The van der Waals surface area contributed by atoms with Crippen LogP contribution in [0.25, 0.3) is 6.08 Å². The third kappa shape index (κ3) is 7.41. The number of anilines is 1. The van der Waals surface area contributed by atoms with E-state index in [0.717, 1.165) is 10.6 Å². The minimum Gasteiger partial charge on any atom is -0.497 e. The first-order valence-electron chi connectivity index (χ1n) is 13.5. The van der Waals surface area contributed by atoms with Crippen LogP contribution >= 0.6 is 11.3 Å². The Morgan fingerprint density at radius 2 is 1.57 bits per heavy atom. The maximum atomic E-state index is 13.5. The minimum atomic E-state index is -1.86. The molecule has 0 unspecified atom stereocenters. The van der Waals surface area contributed by atoms with Crippen molar-refractivity contribution in [2.45, 2.75) is 64.7 Å². The van der Waals surface area contributed by atoms with Gasteiger partial charge in [0.25, 0.3) is 5.91 Å². The lowest BCUT2D eigenvalue weighted by Gasteiger charge is -2.37. The van der Waals surface area contributed by atoms with Gasteiger partial charge in [0, 0.05) is 29.7 Å².